The lowest BCUT2D eigenvalue weighted by molar-refractivity contribution is -0.138. The topological polar surface area (TPSA) is 172 Å². The van der Waals surface area contributed by atoms with Gasteiger partial charge in [-0.2, -0.15) is 5.01 Å². The third-order valence-corrected chi connectivity index (χ3v) is 12.8. The summed E-state index contributed by atoms with van der Waals surface area (Å²) in [5, 5.41) is 12.7. The van der Waals surface area contributed by atoms with Gasteiger partial charge in [0, 0.05) is 48.1 Å². The second-order valence-electron chi connectivity index (χ2n) is 15.3. The van der Waals surface area contributed by atoms with Crippen molar-refractivity contribution in [3.05, 3.63) is 155 Å². The van der Waals surface area contributed by atoms with Gasteiger partial charge in [-0.1, -0.05) is 70.0 Å². The lowest BCUT2D eigenvalue weighted by Crippen LogP contribution is -2.53. The van der Waals surface area contributed by atoms with Gasteiger partial charge in [-0.3, -0.25) is 19.8 Å². The number of imide groups is 1. The molecule has 4 atom stereocenters. The predicted octanol–water partition coefficient (Wildman–Crippen LogP) is 4.71. The molecule has 1 saturated carbocycles. The third kappa shape index (κ3) is 5.75. The molecule has 1 aliphatic carbocycles. The van der Waals surface area contributed by atoms with Crippen LogP contribution in [0.15, 0.2) is 115 Å². The molecule has 15 nitrogen and oxygen atoms in total. The molecule has 4 heterocycles. The Hall–Kier alpha value is -6.68. The van der Waals surface area contributed by atoms with Crippen molar-refractivity contribution in [2.45, 2.75) is 50.2 Å². The molecule has 60 heavy (non-hydrogen) atoms. The van der Waals surface area contributed by atoms with Gasteiger partial charge in [-0.15, -0.1) is 0 Å². The Morgan fingerprint density at radius 2 is 1.63 bits per heavy atom. The molecule has 0 unspecified atom stereocenters. The first-order valence-electron chi connectivity index (χ1n) is 19.4. The average Bonchev–Trinajstić information content (AvgIpc) is 3.63. The number of hydrogen-bond acceptors (Lipinski definition) is 10. The van der Waals surface area contributed by atoms with Crippen molar-refractivity contribution < 1.29 is 24.2 Å². The number of methoxy groups -OCH3 is 2. The molecule has 0 radical (unpaired) electrons. The maximum Gasteiger partial charge on any atom is 0.347 e. The molecule has 9 rings (SSSR count). The van der Waals surface area contributed by atoms with Gasteiger partial charge in [0.25, 0.3) is 17.4 Å². The minimum absolute atomic E-state index is 0.00985. The fourth-order valence-electron chi connectivity index (χ4n) is 9.44. The molecular formula is C44H40BrN7O8. The van der Waals surface area contributed by atoms with Gasteiger partial charge >= 0.3 is 11.4 Å². The van der Waals surface area contributed by atoms with Crippen molar-refractivity contribution in [2.24, 2.45) is 13.0 Å². The number of ether oxygens (including phenoxy) is 2. The van der Waals surface area contributed by atoms with E-state index >= 15 is 4.79 Å². The highest BCUT2D eigenvalue weighted by molar-refractivity contribution is 9.10. The van der Waals surface area contributed by atoms with Crippen LogP contribution in [0.25, 0.3) is 11.0 Å². The molecular weight excluding hydrogens is 834 g/mol. The van der Waals surface area contributed by atoms with Crippen molar-refractivity contribution in [1.29, 1.82) is 0 Å². The van der Waals surface area contributed by atoms with Crippen LogP contribution in [0.5, 0.6) is 17.2 Å². The van der Waals surface area contributed by atoms with Crippen LogP contribution in [0.1, 0.15) is 40.8 Å². The van der Waals surface area contributed by atoms with E-state index in [1.54, 1.807) is 43.4 Å². The van der Waals surface area contributed by atoms with E-state index in [4.69, 9.17) is 9.47 Å². The Morgan fingerprint density at radius 1 is 0.917 bits per heavy atom. The summed E-state index contributed by atoms with van der Waals surface area (Å²) in [6, 6.07) is 23.8. The van der Waals surface area contributed by atoms with Crippen molar-refractivity contribution in [2.75, 3.05) is 19.6 Å². The quantitative estimate of drug-likeness (QED) is 0.153. The lowest BCUT2D eigenvalue weighted by atomic mass is 9.53. The van der Waals surface area contributed by atoms with Gasteiger partial charge in [0.2, 0.25) is 0 Å². The number of rotatable bonds is 9. The molecule has 0 spiro atoms. The Morgan fingerprint density at radius 3 is 2.35 bits per heavy atom. The van der Waals surface area contributed by atoms with E-state index in [1.165, 1.54) is 34.2 Å². The van der Waals surface area contributed by atoms with Crippen LogP contribution in [0, 0.1) is 12.8 Å². The van der Waals surface area contributed by atoms with Crippen LogP contribution in [0.2, 0.25) is 0 Å². The molecule has 2 aliphatic heterocycles. The fourth-order valence-corrected chi connectivity index (χ4v) is 9.82. The molecule has 2 N–H and O–H groups in total. The molecule has 0 bridgehead atoms. The van der Waals surface area contributed by atoms with Crippen molar-refractivity contribution >= 4 is 44.5 Å². The Kier molecular flexibility index (Phi) is 9.41. The van der Waals surface area contributed by atoms with E-state index in [9.17, 15) is 24.3 Å². The Bertz CT molecular complexity index is 2970. The Balaban J connectivity index is 1.17. The molecule has 16 heteroatoms. The summed E-state index contributed by atoms with van der Waals surface area (Å²) in [5.41, 5.74) is 4.06. The molecule has 6 aromatic rings. The van der Waals surface area contributed by atoms with Crippen LogP contribution < -0.4 is 31.8 Å². The number of aromatic hydroxyl groups is 1. The molecule has 4 aromatic carbocycles. The second kappa shape index (κ2) is 14.5. The van der Waals surface area contributed by atoms with Crippen LogP contribution in [-0.2, 0) is 41.6 Å². The van der Waals surface area contributed by atoms with Crippen molar-refractivity contribution in [3.63, 3.8) is 0 Å². The number of fused-ring (bicyclic) bond motifs is 5. The number of carbonyl (C=O) groups is 2. The average molecular weight is 875 g/mol. The smallest absolute Gasteiger partial charge is 0.347 e. The summed E-state index contributed by atoms with van der Waals surface area (Å²) in [7, 11) is 4.60. The van der Waals surface area contributed by atoms with Crippen molar-refractivity contribution in [3.8, 4) is 17.2 Å². The molecule has 3 aliphatic rings. The largest absolute Gasteiger partial charge is 0.508 e. The first-order valence-corrected chi connectivity index (χ1v) is 20.2. The summed E-state index contributed by atoms with van der Waals surface area (Å²) < 4.78 is 16.7. The summed E-state index contributed by atoms with van der Waals surface area (Å²) >= 11 is 3.56. The number of benzene rings is 4. The van der Waals surface area contributed by atoms with Gasteiger partial charge in [0.1, 0.15) is 11.4 Å². The first kappa shape index (κ1) is 38.8. The number of amides is 2. The molecule has 2 amide bonds. The zero-order chi connectivity index (χ0) is 42.2. The van der Waals surface area contributed by atoms with Crippen LogP contribution in [0.4, 0.5) is 5.69 Å². The highest BCUT2D eigenvalue weighted by Gasteiger charge is 2.69. The second-order valence-corrected chi connectivity index (χ2v) is 16.3. The summed E-state index contributed by atoms with van der Waals surface area (Å²) in [5.74, 6) is -2.27. The number of aryl methyl sites for hydroxylation is 3. The maximum atomic E-state index is 15.3. The normalized spacial score (nSPS) is 20.7. The Labute approximate surface area is 350 Å². The van der Waals surface area contributed by atoms with Crippen LogP contribution in [-0.4, -0.2) is 59.6 Å². The number of nitrogens with one attached hydrogen (secondary N) is 1. The first-order chi connectivity index (χ1) is 28.9. The highest BCUT2D eigenvalue weighted by atomic mass is 79.9. The predicted molar refractivity (Wildman–Crippen MR) is 225 cm³/mol. The van der Waals surface area contributed by atoms with E-state index in [0.717, 1.165) is 15.1 Å². The summed E-state index contributed by atoms with van der Waals surface area (Å²) in [6.45, 7) is 1.75. The van der Waals surface area contributed by atoms with Gasteiger partial charge < -0.3 is 19.1 Å². The SMILES string of the molecule is COc1cc2nc(CCn3c(=O)n4n(c3=O)[C@@H]3C[C@H]5C(=O)N(Nc6ccc(C)cc6)C(=O)[C@@]5(c5ccccc5)[C@@H](c5cc(Br)ccc5O)C3=CC4)c(=O)n(C)c2cc1OC. The van der Waals surface area contributed by atoms with E-state index in [0.29, 0.717) is 49.4 Å². The molecule has 2 fully saturated rings. The zero-order valence-electron chi connectivity index (χ0n) is 33.1. The van der Waals surface area contributed by atoms with Gasteiger partial charge in [0.15, 0.2) is 11.5 Å². The number of halogens is 1. The number of aromatic nitrogens is 5. The lowest BCUT2D eigenvalue weighted by Gasteiger charge is -2.49. The van der Waals surface area contributed by atoms with E-state index in [2.05, 4.69) is 26.3 Å². The standard InChI is InChI=1S/C44H40BrN7O8/c1-24-10-13-27(14-11-24)47-51-39(54)30-21-33-28(38(29-20-26(45)12-15-35(29)53)44(30,41(51)56)25-8-6-5-7-9-25)16-19-50-42(57)49(43(58)52(33)50)18-17-31-40(55)48(2)34-23-37(60-4)36(59-3)22-32(34)46-31/h5-16,20,22-23,30,33,38,47,53H,17-19,21H2,1-4H3/t30-,33+,38+,44+/m0/s1. The number of nitrogens with zero attached hydrogens (tertiary/aromatic N) is 6. The number of hydrogen-bond donors (Lipinski definition) is 2. The van der Waals surface area contributed by atoms with Gasteiger partial charge in [0.05, 0.1) is 54.9 Å². The molecule has 1 saturated heterocycles. The number of phenols is 1. The summed E-state index contributed by atoms with van der Waals surface area (Å²) in [4.78, 5) is 77.2. The van der Waals surface area contributed by atoms with Crippen LogP contribution >= 0.6 is 15.9 Å². The zero-order valence-corrected chi connectivity index (χ0v) is 34.7. The van der Waals surface area contributed by atoms with Gasteiger partial charge in [-0.25, -0.2) is 28.5 Å². The number of hydrazine groups is 1. The maximum absolute atomic E-state index is 15.3. The van der Waals surface area contributed by atoms with Crippen LogP contribution in [0.3, 0.4) is 0 Å². The fraction of sp³-hybridized carbons (Fsp3) is 0.273. The number of allylic oxidation sites excluding steroid dienone is 2. The highest BCUT2D eigenvalue weighted by Crippen LogP contribution is 2.62. The third-order valence-electron chi connectivity index (χ3n) is 12.3. The number of phenolic OH excluding ortho intramolecular Hbond substituents is 1. The minimum atomic E-state index is -1.57. The van der Waals surface area contributed by atoms with E-state index in [1.807, 2.05) is 55.5 Å². The molecule has 306 valence electrons. The van der Waals surface area contributed by atoms with E-state index in [-0.39, 0.29) is 37.4 Å². The minimum Gasteiger partial charge on any atom is -0.508 e. The van der Waals surface area contributed by atoms with Gasteiger partial charge in [-0.05, 0) is 54.8 Å². The van der Waals surface area contributed by atoms with E-state index < -0.39 is 52.0 Å². The summed E-state index contributed by atoms with van der Waals surface area (Å²) in [6.07, 6.45) is 1.78. The molecule has 2 aromatic heterocycles. The number of anilines is 1. The monoisotopic (exact) mass is 873 g/mol. The number of carbonyl (C=O) groups excluding carboxylic acids is 2. The van der Waals surface area contributed by atoms with Crippen molar-refractivity contribution in [1.82, 2.24) is 28.5 Å².